The number of unbranched alkanes of at least 4 members (excludes halogenated alkanes) is 1. The van der Waals surface area contributed by atoms with Gasteiger partial charge in [-0.3, -0.25) is 4.79 Å². The molecule has 0 amide bonds. The van der Waals surface area contributed by atoms with Crippen molar-refractivity contribution in [3.8, 4) is 11.1 Å². The van der Waals surface area contributed by atoms with E-state index in [4.69, 9.17) is 23.2 Å². The summed E-state index contributed by atoms with van der Waals surface area (Å²) < 4.78 is 1.60. The van der Waals surface area contributed by atoms with Gasteiger partial charge in [-0.25, -0.2) is 4.98 Å². The number of halogens is 2. The highest BCUT2D eigenvalue weighted by atomic mass is 35.5. The van der Waals surface area contributed by atoms with Crippen LogP contribution in [0.15, 0.2) is 83.8 Å². The van der Waals surface area contributed by atoms with Crippen molar-refractivity contribution in [3.05, 3.63) is 122 Å². The van der Waals surface area contributed by atoms with Gasteiger partial charge in [-0.2, -0.15) is 0 Å². The highest BCUT2D eigenvalue weighted by molar-refractivity contribution is 6.31. The van der Waals surface area contributed by atoms with Crippen molar-refractivity contribution in [1.29, 1.82) is 0 Å². The highest BCUT2D eigenvalue weighted by Gasteiger charge is 2.36. The van der Waals surface area contributed by atoms with Gasteiger partial charge in [-0.1, -0.05) is 66.9 Å². The molecule has 2 aromatic heterocycles. The van der Waals surface area contributed by atoms with Crippen LogP contribution in [-0.2, 0) is 19.1 Å². The lowest BCUT2D eigenvalue weighted by atomic mass is 9.82. The van der Waals surface area contributed by atoms with Gasteiger partial charge in [-0.15, -0.1) is 0 Å². The summed E-state index contributed by atoms with van der Waals surface area (Å²) in [5.41, 5.74) is 2.51. The molecule has 0 spiro atoms. The summed E-state index contributed by atoms with van der Waals surface area (Å²) in [5.74, 6) is 0.826. The molecule has 188 valence electrons. The van der Waals surface area contributed by atoms with Crippen molar-refractivity contribution < 1.29 is 5.11 Å². The Morgan fingerprint density at radius 3 is 2.46 bits per heavy atom. The molecule has 0 saturated heterocycles. The van der Waals surface area contributed by atoms with Crippen LogP contribution in [-0.4, -0.2) is 19.6 Å². The van der Waals surface area contributed by atoms with E-state index in [2.05, 4.69) is 16.9 Å². The maximum Gasteiger partial charge on any atom is 0.251 e. The Bertz CT molecular complexity index is 1640. The number of hydrogen-bond acceptors (Lipinski definition) is 3. The van der Waals surface area contributed by atoms with Gasteiger partial charge in [0.25, 0.3) is 5.56 Å². The fourth-order valence-electron chi connectivity index (χ4n) is 4.77. The molecule has 5 aromatic rings. The van der Waals surface area contributed by atoms with Gasteiger partial charge < -0.3 is 14.7 Å². The van der Waals surface area contributed by atoms with E-state index in [1.54, 1.807) is 42.1 Å². The second kappa shape index (κ2) is 10.2. The number of benzene rings is 3. The molecular formula is C30H27Cl2N3O2. The fourth-order valence-corrected chi connectivity index (χ4v) is 5.08. The average Bonchev–Trinajstić information content (AvgIpc) is 3.39. The Morgan fingerprint density at radius 1 is 0.973 bits per heavy atom. The molecule has 0 radical (unpaired) electrons. The van der Waals surface area contributed by atoms with Crippen molar-refractivity contribution in [2.75, 3.05) is 0 Å². The number of hydrogen-bond donors (Lipinski definition) is 2. The number of aromatic nitrogens is 3. The topological polar surface area (TPSA) is 70.9 Å². The predicted molar refractivity (Wildman–Crippen MR) is 150 cm³/mol. The van der Waals surface area contributed by atoms with E-state index in [1.165, 1.54) is 0 Å². The van der Waals surface area contributed by atoms with Gasteiger partial charge >= 0.3 is 0 Å². The summed E-state index contributed by atoms with van der Waals surface area (Å²) in [7, 11) is 1.74. The molecule has 37 heavy (non-hydrogen) atoms. The maximum absolute atomic E-state index is 12.8. The second-order valence-electron chi connectivity index (χ2n) is 9.26. The average molecular weight is 532 g/mol. The highest BCUT2D eigenvalue weighted by Crippen LogP contribution is 2.39. The first-order valence-electron chi connectivity index (χ1n) is 12.2. The normalized spacial score (nSPS) is 13.1. The number of fused-ring (bicyclic) bond motifs is 1. The molecule has 0 aliphatic heterocycles. The van der Waals surface area contributed by atoms with Gasteiger partial charge in [0.1, 0.15) is 5.82 Å². The molecule has 1 atom stereocenters. The van der Waals surface area contributed by atoms with Crippen LogP contribution >= 0.6 is 23.2 Å². The first-order chi connectivity index (χ1) is 17.8. The Morgan fingerprint density at radius 2 is 1.73 bits per heavy atom. The van der Waals surface area contributed by atoms with Crippen molar-refractivity contribution in [2.45, 2.75) is 31.8 Å². The third kappa shape index (κ3) is 4.71. The number of pyridine rings is 1. The molecule has 0 saturated carbocycles. The summed E-state index contributed by atoms with van der Waals surface area (Å²) >= 11 is 12.5. The number of aliphatic hydroxyl groups is 1. The zero-order chi connectivity index (χ0) is 26.2. The lowest BCUT2D eigenvalue weighted by molar-refractivity contribution is 0.121. The minimum absolute atomic E-state index is 0.127. The molecular weight excluding hydrogens is 505 g/mol. The van der Waals surface area contributed by atoms with E-state index in [0.29, 0.717) is 26.9 Å². The minimum atomic E-state index is -1.53. The van der Waals surface area contributed by atoms with Crippen molar-refractivity contribution in [2.24, 2.45) is 7.05 Å². The van der Waals surface area contributed by atoms with E-state index < -0.39 is 5.60 Å². The Hall–Kier alpha value is -3.38. The van der Waals surface area contributed by atoms with E-state index >= 15 is 0 Å². The molecule has 5 rings (SSSR count). The van der Waals surface area contributed by atoms with Crippen molar-refractivity contribution in [3.63, 3.8) is 0 Å². The Balaban J connectivity index is 1.77. The number of rotatable bonds is 7. The molecule has 0 fully saturated rings. The monoisotopic (exact) mass is 531 g/mol. The summed E-state index contributed by atoms with van der Waals surface area (Å²) in [5, 5.41) is 14.4. The van der Waals surface area contributed by atoms with Crippen LogP contribution in [0.3, 0.4) is 0 Å². The molecule has 0 aliphatic rings. The van der Waals surface area contributed by atoms with Gasteiger partial charge in [0.15, 0.2) is 5.60 Å². The number of nitrogens with one attached hydrogen (secondary N) is 1. The number of aryl methyl sites for hydroxylation is 2. The predicted octanol–water partition coefficient (Wildman–Crippen LogP) is 6.86. The van der Waals surface area contributed by atoms with E-state index in [-0.39, 0.29) is 5.56 Å². The van der Waals surface area contributed by atoms with Crippen LogP contribution in [0, 0.1) is 0 Å². The smallest absolute Gasteiger partial charge is 0.251 e. The third-order valence-electron chi connectivity index (χ3n) is 6.85. The number of nitrogens with zero attached hydrogens (tertiary/aromatic N) is 2. The van der Waals surface area contributed by atoms with E-state index in [1.807, 2.05) is 48.5 Å². The number of imidazole rings is 1. The molecule has 0 bridgehead atoms. The molecule has 7 heteroatoms. The molecule has 2 N–H and O–H groups in total. The van der Waals surface area contributed by atoms with Gasteiger partial charge in [0, 0.05) is 35.0 Å². The molecule has 2 heterocycles. The van der Waals surface area contributed by atoms with Gasteiger partial charge in [-0.05, 0) is 65.1 Å². The number of aromatic amines is 1. The molecule has 1 unspecified atom stereocenters. The Kier molecular flexibility index (Phi) is 6.95. The van der Waals surface area contributed by atoms with Crippen LogP contribution in [0.2, 0.25) is 10.0 Å². The summed E-state index contributed by atoms with van der Waals surface area (Å²) in [6.45, 7) is 2.13. The first-order valence-corrected chi connectivity index (χ1v) is 13.0. The van der Waals surface area contributed by atoms with Crippen molar-refractivity contribution in [1.82, 2.24) is 14.5 Å². The maximum atomic E-state index is 12.8. The van der Waals surface area contributed by atoms with Crippen LogP contribution in [0.25, 0.3) is 22.0 Å². The summed E-state index contributed by atoms with van der Waals surface area (Å²) in [6.07, 6.45) is 4.54. The Labute approximate surface area is 225 Å². The summed E-state index contributed by atoms with van der Waals surface area (Å²) in [6, 6.07) is 21.8. The quantitative estimate of drug-likeness (QED) is 0.241. The van der Waals surface area contributed by atoms with E-state index in [9.17, 15) is 9.90 Å². The summed E-state index contributed by atoms with van der Waals surface area (Å²) in [4.78, 5) is 20.7. The lowest BCUT2D eigenvalue weighted by Crippen LogP contribution is -2.29. The molecule has 5 nitrogen and oxygen atoms in total. The second-order valence-corrected chi connectivity index (χ2v) is 10.1. The SMILES string of the molecule is CCCCc1ncc(C(O)(c2ccc(Cl)cc2)c2ccc3c(c2)c(-c2cccc(Cl)c2)cc(=O)n3C)[nH]1. The van der Waals surface area contributed by atoms with Gasteiger partial charge in [0.2, 0.25) is 0 Å². The standard InChI is InChI=1S/C30H27Cl2N3O2/c1-3-4-8-28-33-18-27(34-28)30(37,20-9-12-22(31)13-10-20)21-11-14-26-25(16-21)24(17-29(36)35(26)2)19-6-5-7-23(32)15-19/h5-7,9-18,37H,3-4,8H2,1-2H3,(H,33,34). The van der Waals surface area contributed by atoms with Crippen LogP contribution in [0.4, 0.5) is 0 Å². The fraction of sp³-hybridized carbons (Fsp3) is 0.200. The van der Waals surface area contributed by atoms with Crippen LogP contribution in [0.1, 0.15) is 42.4 Å². The van der Waals surface area contributed by atoms with Crippen LogP contribution in [0.5, 0.6) is 0 Å². The molecule has 0 aliphatic carbocycles. The molecule has 3 aromatic carbocycles. The largest absolute Gasteiger partial charge is 0.374 e. The minimum Gasteiger partial charge on any atom is -0.374 e. The zero-order valence-corrected chi connectivity index (χ0v) is 22.1. The first kappa shape index (κ1) is 25.3. The van der Waals surface area contributed by atoms with E-state index in [0.717, 1.165) is 47.1 Å². The van der Waals surface area contributed by atoms with Crippen LogP contribution < -0.4 is 5.56 Å². The third-order valence-corrected chi connectivity index (χ3v) is 7.33. The zero-order valence-electron chi connectivity index (χ0n) is 20.6. The van der Waals surface area contributed by atoms with Gasteiger partial charge in [0.05, 0.1) is 17.4 Å². The van der Waals surface area contributed by atoms with Crippen molar-refractivity contribution >= 4 is 34.1 Å². The number of H-pyrrole nitrogens is 1. The lowest BCUT2D eigenvalue weighted by Gasteiger charge is -2.29.